The van der Waals surface area contributed by atoms with E-state index in [1.807, 2.05) is 12.1 Å². The quantitative estimate of drug-likeness (QED) is 0.845. The molecule has 0 aromatic carbocycles. The number of nitrogens with zero attached hydrogens (tertiary/aromatic N) is 5. The van der Waals surface area contributed by atoms with E-state index in [0.717, 1.165) is 48.1 Å². The highest BCUT2D eigenvalue weighted by Crippen LogP contribution is 2.30. The topological polar surface area (TPSA) is 45.2 Å². The molecule has 0 N–H and O–H groups in total. The summed E-state index contributed by atoms with van der Waals surface area (Å²) in [6.45, 7) is 10.1. The summed E-state index contributed by atoms with van der Waals surface area (Å²) >= 11 is 0. The molecule has 2 fully saturated rings. The number of likely N-dealkylation sites (tertiary alicyclic amines) is 1. The maximum atomic E-state index is 4.94. The number of aryl methyl sites for hydroxylation is 1. The number of hydrogen-bond acceptors (Lipinski definition) is 5. The first-order valence-electron chi connectivity index (χ1n) is 9.90. The van der Waals surface area contributed by atoms with Gasteiger partial charge in [0.25, 0.3) is 0 Å². The largest absolute Gasteiger partial charge is 0.356 e. The van der Waals surface area contributed by atoms with Crippen molar-refractivity contribution in [2.24, 2.45) is 0 Å². The zero-order chi connectivity index (χ0) is 18.1. The minimum atomic E-state index is 0.742. The van der Waals surface area contributed by atoms with E-state index in [9.17, 15) is 0 Å². The summed E-state index contributed by atoms with van der Waals surface area (Å²) in [6.07, 6.45) is 8.79. The lowest BCUT2D eigenvalue weighted by molar-refractivity contribution is 0.163. The van der Waals surface area contributed by atoms with Gasteiger partial charge in [-0.25, -0.2) is 9.97 Å². The molecular weight excluding hydrogens is 322 g/mol. The van der Waals surface area contributed by atoms with Crippen molar-refractivity contribution >= 4 is 5.82 Å². The number of rotatable bonds is 3. The smallest absolute Gasteiger partial charge is 0.161 e. The van der Waals surface area contributed by atoms with E-state index in [0.29, 0.717) is 0 Å². The van der Waals surface area contributed by atoms with E-state index in [1.54, 1.807) is 12.4 Å². The Hall–Kier alpha value is -2.01. The number of aromatic nitrogens is 3. The van der Waals surface area contributed by atoms with Gasteiger partial charge in [0.1, 0.15) is 5.82 Å². The zero-order valence-electron chi connectivity index (χ0n) is 16.1. The molecule has 4 heterocycles. The second-order valence-corrected chi connectivity index (χ2v) is 7.76. The van der Waals surface area contributed by atoms with Gasteiger partial charge in [-0.05, 0) is 65.1 Å². The van der Waals surface area contributed by atoms with Crippen LogP contribution in [0.1, 0.15) is 43.9 Å². The lowest BCUT2D eigenvalue weighted by atomic mass is 10.0. The fraction of sp³-hybridized carbons (Fsp3) is 0.571. The fourth-order valence-electron chi connectivity index (χ4n) is 4.46. The van der Waals surface area contributed by atoms with Crippen LogP contribution < -0.4 is 4.90 Å². The molecule has 0 amide bonds. The van der Waals surface area contributed by atoms with Crippen LogP contribution in [0.2, 0.25) is 0 Å². The normalized spacial score (nSPS) is 22.1. The molecule has 2 aliphatic heterocycles. The third kappa shape index (κ3) is 3.32. The van der Waals surface area contributed by atoms with Crippen LogP contribution in [0, 0.1) is 13.8 Å². The lowest BCUT2D eigenvalue weighted by Crippen LogP contribution is -2.46. The van der Waals surface area contributed by atoms with Crippen molar-refractivity contribution in [3.05, 3.63) is 35.8 Å². The molecule has 2 aromatic heterocycles. The molecule has 26 heavy (non-hydrogen) atoms. The summed E-state index contributed by atoms with van der Waals surface area (Å²) in [5.41, 5.74) is 3.30. The van der Waals surface area contributed by atoms with Gasteiger partial charge >= 0.3 is 0 Å². The molecule has 0 bridgehead atoms. The second-order valence-electron chi connectivity index (χ2n) is 7.76. The lowest BCUT2D eigenvalue weighted by Gasteiger charge is -2.39. The van der Waals surface area contributed by atoms with E-state index >= 15 is 0 Å². The maximum Gasteiger partial charge on any atom is 0.161 e. The second kappa shape index (κ2) is 7.31. The fourth-order valence-corrected chi connectivity index (χ4v) is 4.46. The predicted molar refractivity (Wildman–Crippen MR) is 105 cm³/mol. The summed E-state index contributed by atoms with van der Waals surface area (Å²) in [4.78, 5) is 19.0. The van der Waals surface area contributed by atoms with Crippen molar-refractivity contribution < 1.29 is 0 Å². The maximum absolute atomic E-state index is 4.94. The highest BCUT2D eigenvalue weighted by atomic mass is 15.3. The Labute approximate surface area is 156 Å². The Balaban J connectivity index is 1.54. The minimum absolute atomic E-state index is 0.742. The third-order valence-corrected chi connectivity index (χ3v) is 6.14. The molecule has 2 aliphatic rings. The average molecular weight is 351 g/mol. The SMILES string of the molecule is Cc1nc(-c2ccncc2)nc(N2CCC(N3CCCC3C)CC2)c1C. The van der Waals surface area contributed by atoms with Crippen LogP contribution in [-0.2, 0) is 0 Å². The average Bonchev–Trinajstić information content (AvgIpc) is 3.11. The van der Waals surface area contributed by atoms with Crippen molar-refractivity contribution in [3.8, 4) is 11.4 Å². The molecule has 0 radical (unpaired) electrons. The van der Waals surface area contributed by atoms with Crippen molar-refractivity contribution in [1.29, 1.82) is 0 Å². The van der Waals surface area contributed by atoms with Gasteiger partial charge in [0.05, 0.1) is 0 Å². The van der Waals surface area contributed by atoms with Crippen molar-refractivity contribution in [3.63, 3.8) is 0 Å². The predicted octanol–water partition coefficient (Wildman–Crippen LogP) is 3.61. The Bertz CT molecular complexity index is 752. The zero-order valence-corrected chi connectivity index (χ0v) is 16.1. The van der Waals surface area contributed by atoms with E-state index in [2.05, 4.69) is 35.6 Å². The summed E-state index contributed by atoms with van der Waals surface area (Å²) in [5.74, 6) is 1.91. The molecular formula is C21H29N5. The van der Waals surface area contributed by atoms with Gasteiger partial charge in [0.15, 0.2) is 5.82 Å². The van der Waals surface area contributed by atoms with Crippen molar-refractivity contribution in [2.75, 3.05) is 24.5 Å². The molecule has 4 rings (SSSR count). The van der Waals surface area contributed by atoms with Gasteiger partial charge in [0, 0.05) is 54.4 Å². The standard InChI is InChI=1S/C21H29N5/c1-15-5-4-12-26(15)19-8-13-25(14-9-19)21-16(2)17(3)23-20(24-21)18-6-10-22-11-7-18/h6-7,10-11,15,19H,4-5,8-9,12-14H2,1-3H3. The Morgan fingerprint density at radius 3 is 2.35 bits per heavy atom. The monoisotopic (exact) mass is 351 g/mol. The van der Waals surface area contributed by atoms with Crippen LogP contribution in [0.3, 0.4) is 0 Å². The van der Waals surface area contributed by atoms with Gasteiger partial charge in [-0.3, -0.25) is 9.88 Å². The molecule has 0 spiro atoms. The van der Waals surface area contributed by atoms with E-state index in [4.69, 9.17) is 9.97 Å². The van der Waals surface area contributed by atoms with Crippen molar-refractivity contribution in [2.45, 2.75) is 58.5 Å². The van der Waals surface area contributed by atoms with Gasteiger partial charge in [-0.15, -0.1) is 0 Å². The minimum Gasteiger partial charge on any atom is -0.356 e. The van der Waals surface area contributed by atoms with Crippen LogP contribution in [0.5, 0.6) is 0 Å². The molecule has 0 aliphatic carbocycles. The van der Waals surface area contributed by atoms with E-state index in [-0.39, 0.29) is 0 Å². The first-order valence-corrected chi connectivity index (χ1v) is 9.90. The van der Waals surface area contributed by atoms with Crippen LogP contribution in [0.4, 0.5) is 5.82 Å². The van der Waals surface area contributed by atoms with Crippen molar-refractivity contribution in [1.82, 2.24) is 19.9 Å². The molecule has 1 atom stereocenters. The van der Waals surface area contributed by atoms with Gasteiger partial charge in [-0.2, -0.15) is 0 Å². The summed E-state index contributed by atoms with van der Waals surface area (Å²) in [7, 11) is 0. The highest BCUT2D eigenvalue weighted by molar-refractivity contribution is 5.60. The summed E-state index contributed by atoms with van der Waals surface area (Å²) < 4.78 is 0. The molecule has 2 saturated heterocycles. The summed E-state index contributed by atoms with van der Waals surface area (Å²) in [5, 5.41) is 0. The number of anilines is 1. The summed E-state index contributed by atoms with van der Waals surface area (Å²) in [6, 6.07) is 5.46. The van der Waals surface area contributed by atoms with Crippen LogP contribution in [0.15, 0.2) is 24.5 Å². The number of piperidine rings is 1. The molecule has 5 heteroatoms. The Kier molecular flexibility index (Phi) is 4.90. The first kappa shape index (κ1) is 17.4. The van der Waals surface area contributed by atoms with Gasteiger partial charge in [-0.1, -0.05) is 0 Å². The third-order valence-electron chi connectivity index (χ3n) is 6.14. The molecule has 138 valence electrons. The molecule has 0 saturated carbocycles. The van der Waals surface area contributed by atoms with Crippen LogP contribution in [0.25, 0.3) is 11.4 Å². The Morgan fingerprint density at radius 1 is 0.962 bits per heavy atom. The molecule has 5 nitrogen and oxygen atoms in total. The van der Waals surface area contributed by atoms with Crippen LogP contribution in [-0.4, -0.2) is 51.6 Å². The van der Waals surface area contributed by atoms with E-state index < -0.39 is 0 Å². The number of hydrogen-bond donors (Lipinski definition) is 0. The first-order chi connectivity index (χ1) is 12.6. The van der Waals surface area contributed by atoms with Gasteiger partial charge < -0.3 is 4.90 Å². The Morgan fingerprint density at radius 2 is 1.69 bits per heavy atom. The highest BCUT2D eigenvalue weighted by Gasteiger charge is 2.31. The van der Waals surface area contributed by atoms with Gasteiger partial charge in [0.2, 0.25) is 0 Å². The van der Waals surface area contributed by atoms with E-state index in [1.165, 1.54) is 37.8 Å². The molecule has 2 aromatic rings. The number of pyridine rings is 1. The molecule has 1 unspecified atom stereocenters. The van der Waals surface area contributed by atoms with Crippen LogP contribution >= 0.6 is 0 Å².